The Labute approximate surface area is 96.3 Å². The lowest BCUT2D eigenvalue weighted by Crippen LogP contribution is -2.55. The Kier molecular flexibility index (Phi) is 4.33. The van der Waals surface area contributed by atoms with E-state index in [4.69, 9.17) is 5.11 Å². The minimum absolute atomic E-state index is 0.0301. The van der Waals surface area contributed by atoms with Gasteiger partial charge in [0.25, 0.3) is 0 Å². The van der Waals surface area contributed by atoms with Crippen LogP contribution in [0.2, 0.25) is 0 Å². The van der Waals surface area contributed by atoms with Crippen molar-refractivity contribution in [2.75, 3.05) is 0 Å². The van der Waals surface area contributed by atoms with Gasteiger partial charge in [-0.05, 0) is 31.1 Å². The summed E-state index contributed by atoms with van der Waals surface area (Å²) in [5, 5.41) is 29.3. The number of hydrogen-bond acceptors (Lipinski definition) is 3. The maximum Gasteiger partial charge on any atom is 0.306 e. The van der Waals surface area contributed by atoms with Gasteiger partial charge < -0.3 is 15.3 Å². The molecule has 3 N–H and O–H groups in total. The lowest BCUT2D eigenvalue weighted by molar-refractivity contribution is -0.177. The van der Waals surface area contributed by atoms with E-state index >= 15 is 0 Å². The summed E-state index contributed by atoms with van der Waals surface area (Å²) in [6.45, 7) is 3.87. The maximum atomic E-state index is 10.8. The van der Waals surface area contributed by atoms with Crippen LogP contribution >= 0.6 is 0 Å². The molecule has 4 heteroatoms. The molecule has 0 bridgehead atoms. The maximum absolute atomic E-state index is 10.8. The summed E-state index contributed by atoms with van der Waals surface area (Å²) in [4.78, 5) is 10.8. The second kappa shape index (κ2) is 5.15. The number of carboxylic acids is 1. The van der Waals surface area contributed by atoms with Gasteiger partial charge in [0.1, 0.15) is 5.60 Å². The number of aliphatic hydroxyl groups is 2. The summed E-state index contributed by atoms with van der Waals surface area (Å²) < 4.78 is 0. The first-order valence-corrected chi connectivity index (χ1v) is 6.04. The lowest BCUT2D eigenvalue weighted by atomic mass is 9.66. The largest absolute Gasteiger partial charge is 0.481 e. The molecule has 0 amide bonds. The van der Waals surface area contributed by atoms with Gasteiger partial charge in [0, 0.05) is 0 Å². The first-order valence-electron chi connectivity index (χ1n) is 6.04. The highest BCUT2D eigenvalue weighted by molar-refractivity contribution is 5.68. The number of hydrogen-bond donors (Lipinski definition) is 3. The van der Waals surface area contributed by atoms with E-state index in [1.54, 1.807) is 0 Å². The molecule has 0 aromatic rings. The van der Waals surface area contributed by atoms with Crippen molar-refractivity contribution in [3.63, 3.8) is 0 Å². The Bertz CT molecular complexity index is 253. The molecule has 0 spiro atoms. The van der Waals surface area contributed by atoms with Crippen LogP contribution in [0.4, 0.5) is 0 Å². The van der Waals surface area contributed by atoms with E-state index in [1.165, 1.54) is 0 Å². The molecule has 0 radical (unpaired) electrons. The average molecular weight is 230 g/mol. The van der Waals surface area contributed by atoms with Crippen LogP contribution in [0, 0.1) is 11.8 Å². The van der Waals surface area contributed by atoms with Crippen molar-refractivity contribution >= 4 is 5.97 Å². The second-order valence-corrected chi connectivity index (χ2v) is 5.05. The standard InChI is InChI=1S/C12H22O4/c1-3-4-9-6-5-8(2)11(15)12(9,16)7-10(13)14/h8-9,11,15-16H,3-7H2,1-2H3,(H,13,14). The molecule has 1 fully saturated rings. The fourth-order valence-corrected chi connectivity index (χ4v) is 2.84. The van der Waals surface area contributed by atoms with Gasteiger partial charge in [0.15, 0.2) is 0 Å². The zero-order valence-electron chi connectivity index (χ0n) is 10.0. The lowest BCUT2D eigenvalue weighted by Gasteiger charge is -2.45. The minimum Gasteiger partial charge on any atom is -0.481 e. The van der Waals surface area contributed by atoms with E-state index in [9.17, 15) is 15.0 Å². The van der Waals surface area contributed by atoms with Crippen molar-refractivity contribution in [3.8, 4) is 0 Å². The van der Waals surface area contributed by atoms with Gasteiger partial charge in [-0.15, -0.1) is 0 Å². The number of carboxylic acid groups (broad SMARTS) is 1. The monoisotopic (exact) mass is 230 g/mol. The molecule has 16 heavy (non-hydrogen) atoms. The van der Waals surface area contributed by atoms with Crippen molar-refractivity contribution in [2.24, 2.45) is 11.8 Å². The highest BCUT2D eigenvalue weighted by Gasteiger charge is 2.49. The molecule has 0 aromatic heterocycles. The molecule has 0 heterocycles. The molecule has 0 aliphatic heterocycles. The van der Waals surface area contributed by atoms with Gasteiger partial charge in [0.2, 0.25) is 0 Å². The summed E-state index contributed by atoms with van der Waals surface area (Å²) >= 11 is 0. The molecular formula is C12H22O4. The molecule has 1 rings (SSSR count). The zero-order valence-corrected chi connectivity index (χ0v) is 10.0. The molecule has 4 nitrogen and oxygen atoms in total. The molecule has 1 saturated carbocycles. The molecule has 0 aromatic carbocycles. The number of aliphatic hydroxyl groups excluding tert-OH is 1. The first kappa shape index (κ1) is 13.5. The van der Waals surface area contributed by atoms with E-state index < -0.39 is 17.7 Å². The SMILES string of the molecule is CCCC1CCC(C)C(O)C1(O)CC(=O)O. The summed E-state index contributed by atoms with van der Waals surface area (Å²) in [7, 11) is 0. The Morgan fingerprint density at radius 1 is 1.44 bits per heavy atom. The van der Waals surface area contributed by atoms with E-state index in [1.807, 2.05) is 13.8 Å². The van der Waals surface area contributed by atoms with E-state index in [0.29, 0.717) is 0 Å². The third-order valence-electron chi connectivity index (χ3n) is 3.80. The molecule has 4 atom stereocenters. The van der Waals surface area contributed by atoms with E-state index in [0.717, 1.165) is 25.7 Å². The molecule has 0 saturated heterocycles. The van der Waals surface area contributed by atoms with Gasteiger partial charge in [0.05, 0.1) is 12.5 Å². The summed E-state index contributed by atoms with van der Waals surface area (Å²) in [6, 6.07) is 0. The van der Waals surface area contributed by atoms with Gasteiger partial charge >= 0.3 is 5.97 Å². The van der Waals surface area contributed by atoms with Crippen LogP contribution in [-0.2, 0) is 4.79 Å². The van der Waals surface area contributed by atoms with Crippen LogP contribution in [0.3, 0.4) is 0 Å². The Morgan fingerprint density at radius 2 is 2.06 bits per heavy atom. The van der Waals surface area contributed by atoms with Crippen LogP contribution < -0.4 is 0 Å². The Hall–Kier alpha value is -0.610. The quantitative estimate of drug-likeness (QED) is 0.682. The van der Waals surface area contributed by atoms with Crippen molar-refractivity contribution in [2.45, 2.75) is 57.7 Å². The van der Waals surface area contributed by atoms with Gasteiger partial charge in [-0.2, -0.15) is 0 Å². The predicted molar refractivity (Wildman–Crippen MR) is 60.0 cm³/mol. The summed E-state index contributed by atoms with van der Waals surface area (Å²) in [5.74, 6) is -1.17. The smallest absolute Gasteiger partial charge is 0.306 e. The van der Waals surface area contributed by atoms with Crippen molar-refractivity contribution < 1.29 is 20.1 Å². The van der Waals surface area contributed by atoms with Gasteiger partial charge in [-0.25, -0.2) is 0 Å². The van der Waals surface area contributed by atoms with Crippen molar-refractivity contribution in [1.29, 1.82) is 0 Å². The van der Waals surface area contributed by atoms with Crippen molar-refractivity contribution in [3.05, 3.63) is 0 Å². The number of aliphatic carboxylic acids is 1. The summed E-state index contributed by atoms with van der Waals surface area (Å²) in [6.07, 6.45) is 2.04. The van der Waals surface area contributed by atoms with Crippen LogP contribution in [0.5, 0.6) is 0 Å². The van der Waals surface area contributed by atoms with E-state index in [-0.39, 0.29) is 18.3 Å². The van der Waals surface area contributed by atoms with Crippen LogP contribution in [0.15, 0.2) is 0 Å². The van der Waals surface area contributed by atoms with Crippen LogP contribution in [0.1, 0.15) is 46.0 Å². The average Bonchev–Trinajstić information content (AvgIpc) is 2.19. The highest BCUT2D eigenvalue weighted by atomic mass is 16.4. The highest BCUT2D eigenvalue weighted by Crippen LogP contribution is 2.41. The first-order chi connectivity index (χ1) is 7.41. The number of rotatable bonds is 4. The predicted octanol–water partition coefficient (Wildman–Crippen LogP) is 1.40. The molecular weight excluding hydrogens is 208 g/mol. The molecule has 94 valence electrons. The van der Waals surface area contributed by atoms with Crippen LogP contribution in [-0.4, -0.2) is 33.0 Å². The second-order valence-electron chi connectivity index (χ2n) is 5.05. The molecule has 4 unspecified atom stereocenters. The van der Waals surface area contributed by atoms with Gasteiger partial charge in [-0.3, -0.25) is 4.79 Å². The third-order valence-corrected chi connectivity index (χ3v) is 3.80. The molecule has 1 aliphatic rings. The minimum atomic E-state index is -1.44. The van der Waals surface area contributed by atoms with E-state index in [2.05, 4.69) is 0 Å². The fraction of sp³-hybridized carbons (Fsp3) is 0.917. The zero-order chi connectivity index (χ0) is 12.3. The number of carbonyl (C=O) groups is 1. The molecule has 1 aliphatic carbocycles. The van der Waals surface area contributed by atoms with Crippen molar-refractivity contribution in [1.82, 2.24) is 0 Å². The Balaban J connectivity index is 2.87. The van der Waals surface area contributed by atoms with Gasteiger partial charge in [-0.1, -0.05) is 20.3 Å². The van der Waals surface area contributed by atoms with Crippen LogP contribution in [0.25, 0.3) is 0 Å². The third kappa shape index (κ3) is 2.55. The topological polar surface area (TPSA) is 77.8 Å². The fourth-order valence-electron chi connectivity index (χ4n) is 2.84. The Morgan fingerprint density at radius 3 is 2.56 bits per heavy atom. The normalized spacial score (nSPS) is 39.6. The summed E-state index contributed by atoms with van der Waals surface area (Å²) in [5.41, 5.74) is -1.44.